The monoisotopic (exact) mass is 237 g/mol. The Morgan fingerprint density at radius 2 is 2.12 bits per heavy atom. The molecular weight excluding hydrogens is 214 g/mol. The number of nitrogens with zero attached hydrogens (tertiary/aromatic N) is 2. The number of methoxy groups -OCH3 is 1. The molecule has 4 nitrogen and oxygen atoms in total. The van der Waals surface area contributed by atoms with E-state index in [1.807, 2.05) is 6.07 Å². The van der Waals surface area contributed by atoms with Crippen LogP contribution in [0.15, 0.2) is 12.4 Å². The third-order valence-electron chi connectivity index (χ3n) is 2.68. The van der Waals surface area contributed by atoms with Crippen LogP contribution in [0.1, 0.15) is 38.8 Å². The van der Waals surface area contributed by atoms with E-state index in [1.54, 1.807) is 13.4 Å². The number of hydrogen-bond acceptors (Lipinski definition) is 4. The Labute approximate surface area is 104 Å². The van der Waals surface area contributed by atoms with Crippen molar-refractivity contribution in [1.29, 1.82) is 0 Å². The molecule has 0 saturated carbocycles. The third-order valence-corrected chi connectivity index (χ3v) is 2.68. The predicted molar refractivity (Wildman–Crippen MR) is 69.3 cm³/mol. The summed E-state index contributed by atoms with van der Waals surface area (Å²) in [5.41, 5.74) is 1.04. The Bertz CT molecular complexity index is 317. The second kappa shape index (κ2) is 8.01. The summed E-state index contributed by atoms with van der Waals surface area (Å²) in [6.07, 6.45) is 6.02. The molecule has 0 aliphatic heterocycles. The van der Waals surface area contributed by atoms with Crippen molar-refractivity contribution < 1.29 is 4.74 Å². The summed E-state index contributed by atoms with van der Waals surface area (Å²) in [5, 5.41) is 3.56. The minimum atomic E-state index is 0.500. The highest BCUT2D eigenvalue weighted by atomic mass is 16.5. The van der Waals surface area contributed by atoms with Crippen LogP contribution >= 0.6 is 0 Å². The first-order valence-electron chi connectivity index (χ1n) is 6.38. The average molecular weight is 237 g/mol. The third kappa shape index (κ3) is 5.13. The lowest BCUT2D eigenvalue weighted by atomic mass is 10.1. The van der Waals surface area contributed by atoms with E-state index in [9.17, 15) is 0 Å². The maximum Gasteiger partial charge on any atom is 0.216 e. The SMILES string of the molecule is CCCNC(CCC)Cc1cc(OC)ncn1. The van der Waals surface area contributed by atoms with Crippen molar-refractivity contribution in [3.05, 3.63) is 18.1 Å². The van der Waals surface area contributed by atoms with Crippen molar-refractivity contribution >= 4 is 0 Å². The summed E-state index contributed by atoms with van der Waals surface area (Å²) in [7, 11) is 1.63. The molecule has 1 atom stereocenters. The van der Waals surface area contributed by atoms with Gasteiger partial charge < -0.3 is 10.1 Å². The standard InChI is InChI=1S/C13H23N3O/c1-4-6-11(14-7-5-2)8-12-9-13(17-3)16-10-15-12/h9-11,14H,4-8H2,1-3H3. The fraction of sp³-hybridized carbons (Fsp3) is 0.692. The van der Waals surface area contributed by atoms with Crippen molar-refractivity contribution in [2.75, 3.05) is 13.7 Å². The molecule has 96 valence electrons. The zero-order valence-corrected chi connectivity index (χ0v) is 11.1. The van der Waals surface area contributed by atoms with Gasteiger partial charge in [0.05, 0.1) is 7.11 Å². The van der Waals surface area contributed by atoms with E-state index in [4.69, 9.17) is 4.74 Å². The largest absolute Gasteiger partial charge is 0.481 e. The van der Waals surface area contributed by atoms with Gasteiger partial charge in [-0.25, -0.2) is 9.97 Å². The van der Waals surface area contributed by atoms with Gasteiger partial charge in [-0.05, 0) is 19.4 Å². The summed E-state index contributed by atoms with van der Waals surface area (Å²) in [4.78, 5) is 8.31. The van der Waals surface area contributed by atoms with Crippen LogP contribution in [0.3, 0.4) is 0 Å². The highest BCUT2D eigenvalue weighted by molar-refractivity contribution is 5.14. The van der Waals surface area contributed by atoms with E-state index < -0.39 is 0 Å². The van der Waals surface area contributed by atoms with Crippen LogP contribution in [0.5, 0.6) is 5.88 Å². The molecule has 0 amide bonds. The molecule has 0 spiro atoms. The molecule has 1 rings (SSSR count). The molecule has 0 aliphatic carbocycles. The Morgan fingerprint density at radius 3 is 2.76 bits per heavy atom. The van der Waals surface area contributed by atoms with Crippen molar-refractivity contribution in [2.45, 2.75) is 45.6 Å². The topological polar surface area (TPSA) is 47.0 Å². The second-order valence-electron chi connectivity index (χ2n) is 4.20. The first-order chi connectivity index (χ1) is 8.30. The number of hydrogen-bond donors (Lipinski definition) is 1. The Hall–Kier alpha value is -1.16. The van der Waals surface area contributed by atoms with Gasteiger partial charge in [0.15, 0.2) is 0 Å². The molecule has 0 saturated heterocycles. The van der Waals surface area contributed by atoms with Gasteiger partial charge in [-0.15, -0.1) is 0 Å². The fourth-order valence-electron chi connectivity index (χ4n) is 1.83. The lowest BCUT2D eigenvalue weighted by molar-refractivity contribution is 0.394. The summed E-state index contributed by atoms with van der Waals surface area (Å²) in [6, 6.07) is 2.41. The molecule has 4 heteroatoms. The van der Waals surface area contributed by atoms with E-state index in [0.717, 1.165) is 25.1 Å². The van der Waals surface area contributed by atoms with Gasteiger partial charge in [0.2, 0.25) is 5.88 Å². The lowest BCUT2D eigenvalue weighted by Crippen LogP contribution is -2.31. The van der Waals surface area contributed by atoms with Crippen LogP contribution in [0, 0.1) is 0 Å². The minimum Gasteiger partial charge on any atom is -0.481 e. The van der Waals surface area contributed by atoms with E-state index in [1.165, 1.54) is 12.8 Å². The highest BCUT2D eigenvalue weighted by Gasteiger charge is 2.09. The summed E-state index contributed by atoms with van der Waals surface area (Å²) < 4.78 is 5.11. The van der Waals surface area contributed by atoms with Crippen LogP contribution in [-0.4, -0.2) is 29.7 Å². The van der Waals surface area contributed by atoms with Crippen LogP contribution in [-0.2, 0) is 6.42 Å². The molecule has 0 radical (unpaired) electrons. The van der Waals surface area contributed by atoms with Crippen LogP contribution in [0.4, 0.5) is 0 Å². The highest BCUT2D eigenvalue weighted by Crippen LogP contribution is 2.10. The molecular formula is C13H23N3O. The fourth-order valence-corrected chi connectivity index (χ4v) is 1.83. The van der Waals surface area contributed by atoms with E-state index >= 15 is 0 Å². The normalized spacial score (nSPS) is 12.4. The molecule has 1 unspecified atom stereocenters. The molecule has 0 aliphatic rings. The molecule has 0 bridgehead atoms. The van der Waals surface area contributed by atoms with Crippen LogP contribution < -0.4 is 10.1 Å². The zero-order chi connectivity index (χ0) is 12.5. The van der Waals surface area contributed by atoms with Crippen molar-refractivity contribution in [3.8, 4) is 5.88 Å². The van der Waals surface area contributed by atoms with Crippen molar-refractivity contribution in [3.63, 3.8) is 0 Å². The van der Waals surface area contributed by atoms with Gasteiger partial charge in [-0.1, -0.05) is 20.3 Å². The zero-order valence-electron chi connectivity index (χ0n) is 11.1. The van der Waals surface area contributed by atoms with E-state index in [0.29, 0.717) is 11.9 Å². The van der Waals surface area contributed by atoms with Crippen molar-refractivity contribution in [2.24, 2.45) is 0 Å². The van der Waals surface area contributed by atoms with Crippen LogP contribution in [0.25, 0.3) is 0 Å². The second-order valence-corrected chi connectivity index (χ2v) is 4.20. The maximum absolute atomic E-state index is 5.11. The van der Waals surface area contributed by atoms with Crippen LogP contribution in [0.2, 0.25) is 0 Å². The van der Waals surface area contributed by atoms with Gasteiger partial charge in [-0.3, -0.25) is 0 Å². The van der Waals surface area contributed by atoms with Gasteiger partial charge in [0, 0.05) is 24.2 Å². The maximum atomic E-state index is 5.11. The van der Waals surface area contributed by atoms with Crippen molar-refractivity contribution in [1.82, 2.24) is 15.3 Å². The minimum absolute atomic E-state index is 0.500. The van der Waals surface area contributed by atoms with Gasteiger partial charge in [-0.2, -0.15) is 0 Å². The predicted octanol–water partition coefficient (Wildman–Crippen LogP) is 2.20. The number of nitrogens with one attached hydrogen (secondary N) is 1. The summed E-state index contributed by atoms with van der Waals surface area (Å²) in [5.74, 6) is 0.640. The first kappa shape index (κ1) is 13.9. The lowest BCUT2D eigenvalue weighted by Gasteiger charge is -2.17. The molecule has 17 heavy (non-hydrogen) atoms. The van der Waals surface area contributed by atoms with Gasteiger partial charge >= 0.3 is 0 Å². The van der Waals surface area contributed by atoms with E-state index in [-0.39, 0.29) is 0 Å². The number of ether oxygens (including phenoxy) is 1. The molecule has 1 N–H and O–H groups in total. The Morgan fingerprint density at radius 1 is 1.29 bits per heavy atom. The van der Waals surface area contributed by atoms with Gasteiger partial charge in [0.25, 0.3) is 0 Å². The molecule has 0 fully saturated rings. The molecule has 1 heterocycles. The molecule has 1 aromatic rings. The molecule has 1 aromatic heterocycles. The Kier molecular flexibility index (Phi) is 6.55. The smallest absolute Gasteiger partial charge is 0.216 e. The number of rotatable bonds is 8. The quantitative estimate of drug-likeness (QED) is 0.753. The molecule has 0 aromatic carbocycles. The summed E-state index contributed by atoms with van der Waals surface area (Å²) >= 11 is 0. The Balaban J connectivity index is 2.57. The number of aromatic nitrogens is 2. The van der Waals surface area contributed by atoms with E-state index in [2.05, 4.69) is 29.1 Å². The summed E-state index contributed by atoms with van der Waals surface area (Å²) in [6.45, 7) is 5.46. The van der Waals surface area contributed by atoms with Gasteiger partial charge in [0.1, 0.15) is 6.33 Å². The first-order valence-corrected chi connectivity index (χ1v) is 6.38. The average Bonchev–Trinajstić information content (AvgIpc) is 2.36.